The Labute approximate surface area is 91.4 Å². The number of nitrogens with two attached hydrogens (primary N) is 1. The van der Waals surface area contributed by atoms with Gasteiger partial charge in [-0.25, -0.2) is 4.98 Å². The van der Waals surface area contributed by atoms with Crippen molar-refractivity contribution in [1.82, 2.24) is 4.98 Å². The molecule has 12 heavy (non-hydrogen) atoms. The fraction of sp³-hybridized carbons (Fsp3) is 0.167. The number of halogens is 4. The maximum absolute atomic E-state index is 5.75. The molecule has 2 N–H and O–H groups in total. The van der Waals surface area contributed by atoms with E-state index in [0.717, 1.165) is 0 Å². The van der Waals surface area contributed by atoms with Gasteiger partial charge in [-0.2, -0.15) is 0 Å². The first-order valence-electron chi connectivity index (χ1n) is 2.85. The van der Waals surface area contributed by atoms with Gasteiger partial charge in [-0.1, -0.05) is 34.8 Å². The third-order valence-corrected chi connectivity index (χ3v) is 2.04. The van der Waals surface area contributed by atoms with Crippen LogP contribution in [-0.2, 0) is 6.54 Å². The normalized spacial score (nSPS) is 9.33. The summed E-state index contributed by atoms with van der Waals surface area (Å²) in [7, 11) is 0. The van der Waals surface area contributed by atoms with Crippen LogP contribution in [0.5, 0.6) is 0 Å². The lowest BCUT2D eigenvalue weighted by Crippen LogP contribution is -1.99. The Morgan fingerprint density at radius 2 is 1.92 bits per heavy atom. The van der Waals surface area contributed by atoms with E-state index in [-0.39, 0.29) is 29.3 Å². The maximum atomic E-state index is 5.75. The highest BCUT2D eigenvalue weighted by Crippen LogP contribution is 2.24. The molecule has 0 saturated carbocycles. The van der Waals surface area contributed by atoms with E-state index in [2.05, 4.69) is 4.98 Å². The number of aromatic nitrogens is 1. The van der Waals surface area contributed by atoms with E-state index in [9.17, 15) is 0 Å². The molecule has 0 saturated heterocycles. The van der Waals surface area contributed by atoms with Gasteiger partial charge < -0.3 is 5.73 Å². The molecule has 1 aromatic heterocycles. The number of nitrogens with zero attached hydrogens (tertiary/aromatic N) is 1. The molecule has 6 heteroatoms. The molecular weight excluding hydrogens is 242 g/mol. The highest BCUT2D eigenvalue weighted by Gasteiger charge is 2.06. The van der Waals surface area contributed by atoms with Crippen LogP contribution < -0.4 is 5.73 Å². The van der Waals surface area contributed by atoms with Crippen molar-refractivity contribution < 1.29 is 0 Å². The average Bonchev–Trinajstić information content (AvgIpc) is 1.85. The molecule has 0 aromatic carbocycles. The van der Waals surface area contributed by atoms with Gasteiger partial charge in [-0.15, -0.1) is 12.4 Å². The molecule has 0 bridgehead atoms. The molecule has 0 amide bonds. The van der Waals surface area contributed by atoms with Crippen molar-refractivity contribution >= 4 is 47.2 Å². The summed E-state index contributed by atoms with van der Waals surface area (Å²) < 4.78 is 0. The van der Waals surface area contributed by atoms with Crippen molar-refractivity contribution in [3.8, 4) is 0 Å². The van der Waals surface area contributed by atoms with E-state index in [4.69, 9.17) is 40.5 Å². The predicted molar refractivity (Wildman–Crippen MR) is 54.4 cm³/mol. The van der Waals surface area contributed by atoms with Gasteiger partial charge in [0.2, 0.25) is 0 Å². The third-order valence-electron chi connectivity index (χ3n) is 1.19. The summed E-state index contributed by atoms with van der Waals surface area (Å²) >= 11 is 17.0. The second-order valence-electron chi connectivity index (χ2n) is 1.90. The summed E-state index contributed by atoms with van der Waals surface area (Å²) in [6.45, 7) is 0.266. The molecular formula is C6H6Cl4N2. The lowest BCUT2D eigenvalue weighted by Gasteiger charge is -2.02. The fourth-order valence-electron chi connectivity index (χ4n) is 0.665. The molecule has 1 heterocycles. The molecule has 0 aliphatic carbocycles. The number of pyridine rings is 1. The van der Waals surface area contributed by atoms with Crippen molar-refractivity contribution in [2.75, 3.05) is 0 Å². The van der Waals surface area contributed by atoms with Gasteiger partial charge in [0.15, 0.2) is 0 Å². The molecule has 1 aromatic rings. The molecule has 1 rings (SSSR count). The Balaban J connectivity index is 0.00000121. The Hall–Kier alpha value is 0.270. The standard InChI is InChI=1S/C6H5Cl3N2.ClH/c7-4-1-5(8)11-6(9)3(4)2-10;/h1H,2,10H2;1H. The molecule has 0 aliphatic heterocycles. The smallest absolute Gasteiger partial charge is 0.136 e. The van der Waals surface area contributed by atoms with Crippen molar-refractivity contribution in [3.05, 3.63) is 27.0 Å². The van der Waals surface area contributed by atoms with E-state index >= 15 is 0 Å². The minimum absolute atomic E-state index is 0. The fourth-order valence-corrected chi connectivity index (χ4v) is 1.55. The van der Waals surface area contributed by atoms with Crippen LogP contribution in [-0.4, -0.2) is 4.98 Å². The summed E-state index contributed by atoms with van der Waals surface area (Å²) in [6, 6.07) is 1.51. The van der Waals surface area contributed by atoms with E-state index < -0.39 is 0 Å². The highest BCUT2D eigenvalue weighted by atomic mass is 35.5. The maximum Gasteiger partial charge on any atom is 0.136 e. The minimum atomic E-state index is 0. The van der Waals surface area contributed by atoms with Crippen molar-refractivity contribution in [2.45, 2.75) is 6.54 Å². The van der Waals surface area contributed by atoms with Gasteiger partial charge in [0, 0.05) is 12.1 Å². The van der Waals surface area contributed by atoms with Crippen LogP contribution in [0.3, 0.4) is 0 Å². The Bertz CT molecular complexity index is 253. The van der Waals surface area contributed by atoms with Gasteiger partial charge in [-0.3, -0.25) is 0 Å². The lowest BCUT2D eigenvalue weighted by atomic mass is 10.3. The Kier molecular flexibility index (Phi) is 5.21. The summed E-state index contributed by atoms with van der Waals surface area (Å²) in [5, 5.41) is 1.000. The zero-order chi connectivity index (χ0) is 8.43. The van der Waals surface area contributed by atoms with Crippen LogP contribution in [0.25, 0.3) is 0 Å². The SMILES string of the molecule is Cl.NCc1c(Cl)cc(Cl)nc1Cl. The molecule has 0 spiro atoms. The number of hydrogen-bond acceptors (Lipinski definition) is 2. The first kappa shape index (κ1) is 12.3. The zero-order valence-corrected chi connectivity index (χ0v) is 8.94. The van der Waals surface area contributed by atoms with Crippen LogP contribution in [0.4, 0.5) is 0 Å². The first-order chi connectivity index (χ1) is 5.15. The van der Waals surface area contributed by atoms with Crippen LogP contribution in [0.2, 0.25) is 15.3 Å². The molecule has 0 atom stereocenters. The predicted octanol–water partition coefficient (Wildman–Crippen LogP) is 2.92. The minimum Gasteiger partial charge on any atom is -0.326 e. The largest absolute Gasteiger partial charge is 0.326 e. The van der Waals surface area contributed by atoms with Crippen molar-refractivity contribution in [2.24, 2.45) is 5.73 Å². The van der Waals surface area contributed by atoms with Crippen molar-refractivity contribution in [3.63, 3.8) is 0 Å². The van der Waals surface area contributed by atoms with Gasteiger partial charge in [0.25, 0.3) is 0 Å². The molecule has 0 fully saturated rings. The number of rotatable bonds is 1. The van der Waals surface area contributed by atoms with Crippen LogP contribution in [0.1, 0.15) is 5.56 Å². The van der Waals surface area contributed by atoms with E-state index in [1.807, 2.05) is 0 Å². The second-order valence-corrected chi connectivity index (χ2v) is 3.05. The first-order valence-corrected chi connectivity index (χ1v) is 3.99. The molecule has 0 radical (unpaired) electrons. The zero-order valence-electron chi connectivity index (χ0n) is 5.85. The topological polar surface area (TPSA) is 38.9 Å². The molecule has 0 unspecified atom stereocenters. The average molecular weight is 248 g/mol. The summed E-state index contributed by atoms with van der Waals surface area (Å²) in [5.74, 6) is 0. The van der Waals surface area contributed by atoms with E-state index in [1.54, 1.807) is 0 Å². The lowest BCUT2D eigenvalue weighted by molar-refractivity contribution is 1.05. The molecule has 68 valence electrons. The summed E-state index contributed by atoms with van der Waals surface area (Å²) in [4.78, 5) is 3.77. The number of hydrogen-bond donors (Lipinski definition) is 1. The Morgan fingerprint density at radius 1 is 1.33 bits per heavy atom. The van der Waals surface area contributed by atoms with Gasteiger partial charge in [0.1, 0.15) is 10.3 Å². The van der Waals surface area contributed by atoms with Gasteiger partial charge in [0.05, 0.1) is 5.02 Å². The van der Waals surface area contributed by atoms with E-state index in [0.29, 0.717) is 10.6 Å². The Morgan fingerprint density at radius 3 is 2.33 bits per heavy atom. The van der Waals surface area contributed by atoms with Gasteiger partial charge >= 0.3 is 0 Å². The van der Waals surface area contributed by atoms with Crippen LogP contribution in [0, 0.1) is 0 Å². The van der Waals surface area contributed by atoms with E-state index in [1.165, 1.54) is 6.07 Å². The quantitative estimate of drug-likeness (QED) is 0.776. The second kappa shape index (κ2) is 5.10. The molecule has 2 nitrogen and oxygen atoms in total. The summed E-state index contributed by atoms with van der Waals surface area (Å²) in [6.07, 6.45) is 0. The van der Waals surface area contributed by atoms with Crippen LogP contribution >= 0.6 is 47.2 Å². The third kappa shape index (κ3) is 2.64. The van der Waals surface area contributed by atoms with Crippen molar-refractivity contribution in [1.29, 1.82) is 0 Å². The monoisotopic (exact) mass is 246 g/mol. The van der Waals surface area contributed by atoms with Crippen LogP contribution in [0.15, 0.2) is 6.07 Å². The summed E-state index contributed by atoms with van der Waals surface area (Å²) in [5.41, 5.74) is 5.97. The van der Waals surface area contributed by atoms with Gasteiger partial charge in [-0.05, 0) is 6.07 Å². The molecule has 0 aliphatic rings. The highest BCUT2D eigenvalue weighted by molar-refractivity contribution is 6.37.